The van der Waals surface area contributed by atoms with E-state index in [9.17, 15) is 0 Å². The van der Waals surface area contributed by atoms with Crippen LogP contribution in [0.1, 0.15) is 0 Å². The number of pyridine rings is 1. The van der Waals surface area contributed by atoms with Gasteiger partial charge in [0, 0.05) is 35.1 Å². The third kappa shape index (κ3) is 3.01. The summed E-state index contributed by atoms with van der Waals surface area (Å²) >= 11 is 0. The molecule has 0 fully saturated rings. The molecule has 1 N–H and O–H groups in total. The fourth-order valence-corrected chi connectivity index (χ4v) is 2.84. The van der Waals surface area contributed by atoms with Gasteiger partial charge in [0.05, 0.1) is 21.3 Å². The monoisotopic (exact) mass is 363 g/mol. The van der Waals surface area contributed by atoms with Gasteiger partial charge in [-0.3, -0.25) is 5.10 Å². The van der Waals surface area contributed by atoms with Gasteiger partial charge in [-0.05, 0) is 23.8 Å². The van der Waals surface area contributed by atoms with E-state index in [2.05, 4.69) is 25.1 Å². The first-order valence-electron chi connectivity index (χ1n) is 8.16. The van der Waals surface area contributed by atoms with Crippen molar-refractivity contribution in [3.05, 3.63) is 42.9 Å². The van der Waals surface area contributed by atoms with Crippen LogP contribution in [-0.4, -0.2) is 46.5 Å². The Morgan fingerprint density at radius 3 is 2.19 bits per heavy atom. The highest BCUT2D eigenvalue weighted by Crippen LogP contribution is 2.34. The Balaban J connectivity index is 1.80. The molecule has 0 radical (unpaired) electrons. The zero-order valence-electron chi connectivity index (χ0n) is 15.1. The molecule has 136 valence electrons. The lowest BCUT2D eigenvalue weighted by Crippen LogP contribution is -1.92. The van der Waals surface area contributed by atoms with Crippen molar-refractivity contribution < 1.29 is 14.2 Å². The van der Waals surface area contributed by atoms with Gasteiger partial charge in [-0.1, -0.05) is 6.07 Å². The molecule has 0 aliphatic carbocycles. The standard InChI is InChI=1S/C19H17N5O3/c1-25-15-5-4-11(7-16(15)26-2)12-6-14-17(23-24-18(14)20-8-12)13-9-21-19(27-3)22-10-13/h4-10H,1-3H3,(H,20,23,24). The van der Waals surface area contributed by atoms with Crippen LogP contribution in [-0.2, 0) is 0 Å². The largest absolute Gasteiger partial charge is 0.493 e. The maximum absolute atomic E-state index is 5.39. The molecule has 0 bridgehead atoms. The quantitative estimate of drug-likeness (QED) is 0.582. The lowest BCUT2D eigenvalue weighted by atomic mass is 10.0. The second kappa shape index (κ2) is 6.91. The number of hydrogen-bond acceptors (Lipinski definition) is 7. The Morgan fingerprint density at radius 1 is 0.741 bits per heavy atom. The van der Waals surface area contributed by atoms with Gasteiger partial charge in [0.15, 0.2) is 17.1 Å². The highest BCUT2D eigenvalue weighted by molar-refractivity contribution is 5.93. The molecule has 0 saturated carbocycles. The summed E-state index contributed by atoms with van der Waals surface area (Å²) in [7, 11) is 4.75. The average molecular weight is 363 g/mol. The Bertz CT molecular complexity index is 1090. The minimum Gasteiger partial charge on any atom is -0.493 e. The van der Waals surface area contributed by atoms with E-state index in [1.807, 2.05) is 24.3 Å². The van der Waals surface area contributed by atoms with Crippen LogP contribution in [0.5, 0.6) is 17.5 Å². The van der Waals surface area contributed by atoms with Gasteiger partial charge in [0.1, 0.15) is 5.69 Å². The number of ether oxygens (including phenoxy) is 3. The van der Waals surface area contributed by atoms with Crippen molar-refractivity contribution in [1.82, 2.24) is 25.1 Å². The van der Waals surface area contributed by atoms with Crippen LogP contribution < -0.4 is 14.2 Å². The highest BCUT2D eigenvalue weighted by Gasteiger charge is 2.13. The topological polar surface area (TPSA) is 95.0 Å². The van der Waals surface area contributed by atoms with Crippen molar-refractivity contribution in [3.8, 4) is 39.9 Å². The van der Waals surface area contributed by atoms with Crippen molar-refractivity contribution in [2.45, 2.75) is 0 Å². The van der Waals surface area contributed by atoms with E-state index in [4.69, 9.17) is 14.2 Å². The zero-order valence-corrected chi connectivity index (χ0v) is 15.1. The molecular formula is C19H17N5O3. The van der Waals surface area contributed by atoms with E-state index in [0.717, 1.165) is 27.8 Å². The molecular weight excluding hydrogens is 346 g/mol. The highest BCUT2D eigenvalue weighted by atomic mass is 16.5. The molecule has 3 heterocycles. The van der Waals surface area contributed by atoms with Gasteiger partial charge >= 0.3 is 6.01 Å². The third-order valence-corrected chi connectivity index (χ3v) is 4.22. The average Bonchev–Trinajstić information content (AvgIpc) is 3.16. The first kappa shape index (κ1) is 16.8. The van der Waals surface area contributed by atoms with Gasteiger partial charge in [-0.25, -0.2) is 15.0 Å². The first-order chi connectivity index (χ1) is 13.2. The second-order valence-corrected chi connectivity index (χ2v) is 5.72. The zero-order chi connectivity index (χ0) is 18.8. The maximum Gasteiger partial charge on any atom is 0.316 e. The summed E-state index contributed by atoms with van der Waals surface area (Å²) in [5, 5.41) is 8.18. The maximum atomic E-state index is 5.39. The summed E-state index contributed by atoms with van der Waals surface area (Å²) in [4.78, 5) is 12.8. The summed E-state index contributed by atoms with van der Waals surface area (Å²) in [5.74, 6) is 1.33. The minimum absolute atomic E-state index is 0.308. The molecule has 1 aromatic carbocycles. The van der Waals surface area contributed by atoms with E-state index in [-0.39, 0.29) is 0 Å². The van der Waals surface area contributed by atoms with E-state index in [1.54, 1.807) is 32.8 Å². The van der Waals surface area contributed by atoms with Crippen molar-refractivity contribution >= 4 is 11.0 Å². The number of H-pyrrole nitrogens is 1. The second-order valence-electron chi connectivity index (χ2n) is 5.72. The summed E-state index contributed by atoms with van der Waals surface area (Å²) in [5.41, 5.74) is 4.07. The predicted octanol–water partition coefficient (Wildman–Crippen LogP) is 3.11. The van der Waals surface area contributed by atoms with Crippen LogP contribution >= 0.6 is 0 Å². The summed E-state index contributed by atoms with van der Waals surface area (Å²) in [6.07, 6.45) is 5.13. The summed E-state index contributed by atoms with van der Waals surface area (Å²) in [6, 6.07) is 8.07. The van der Waals surface area contributed by atoms with Crippen molar-refractivity contribution in [1.29, 1.82) is 0 Å². The number of aromatic nitrogens is 5. The Morgan fingerprint density at radius 2 is 1.48 bits per heavy atom. The van der Waals surface area contributed by atoms with Gasteiger partial charge in [-0.2, -0.15) is 5.10 Å². The number of nitrogens with one attached hydrogen (secondary N) is 1. The van der Waals surface area contributed by atoms with E-state index in [1.165, 1.54) is 7.11 Å². The fourth-order valence-electron chi connectivity index (χ4n) is 2.84. The molecule has 0 aliphatic heterocycles. The van der Waals surface area contributed by atoms with Gasteiger partial charge in [0.2, 0.25) is 0 Å². The Labute approximate surface area is 155 Å². The van der Waals surface area contributed by atoms with Crippen molar-refractivity contribution in [2.75, 3.05) is 21.3 Å². The van der Waals surface area contributed by atoms with Crippen LogP contribution in [0.3, 0.4) is 0 Å². The van der Waals surface area contributed by atoms with Crippen LogP contribution in [0.15, 0.2) is 42.9 Å². The van der Waals surface area contributed by atoms with Crippen LogP contribution in [0.25, 0.3) is 33.4 Å². The number of aromatic amines is 1. The number of benzene rings is 1. The molecule has 0 saturated heterocycles. The number of methoxy groups -OCH3 is 3. The lowest BCUT2D eigenvalue weighted by molar-refractivity contribution is 0.355. The SMILES string of the molecule is COc1ncc(-c2n[nH]c3ncc(-c4ccc(OC)c(OC)c4)cc23)cn1. The van der Waals surface area contributed by atoms with E-state index < -0.39 is 0 Å². The predicted molar refractivity (Wildman–Crippen MR) is 100 cm³/mol. The Kier molecular flexibility index (Phi) is 4.29. The molecule has 8 nitrogen and oxygen atoms in total. The van der Waals surface area contributed by atoms with Gasteiger partial charge in [0.25, 0.3) is 0 Å². The third-order valence-electron chi connectivity index (χ3n) is 4.22. The molecule has 4 aromatic rings. The molecule has 3 aromatic heterocycles. The normalized spacial score (nSPS) is 10.8. The number of hydrogen-bond donors (Lipinski definition) is 1. The molecule has 27 heavy (non-hydrogen) atoms. The van der Waals surface area contributed by atoms with Gasteiger partial charge < -0.3 is 14.2 Å². The van der Waals surface area contributed by atoms with Crippen LogP contribution in [0, 0.1) is 0 Å². The molecule has 4 rings (SSSR count). The number of rotatable bonds is 5. The van der Waals surface area contributed by atoms with Gasteiger partial charge in [-0.15, -0.1) is 0 Å². The van der Waals surface area contributed by atoms with E-state index >= 15 is 0 Å². The van der Waals surface area contributed by atoms with Crippen molar-refractivity contribution in [3.63, 3.8) is 0 Å². The molecule has 0 spiro atoms. The molecule has 0 unspecified atom stereocenters. The van der Waals surface area contributed by atoms with Crippen LogP contribution in [0.2, 0.25) is 0 Å². The fraction of sp³-hybridized carbons (Fsp3) is 0.158. The molecule has 0 aliphatic rings. The lowest BCUT2D eigenvalue weighted by Gasteiger charge is -2.09. The first-order valence-corrected chi connectivity index (χ1v) is 8.16. The summed E-state index contributed by atoms with van der Waals surface area (Å²) < 4.78 is 15.7. The smallest absolute Gasteiger partial charge is 0.316 e. The molecule has 8 heteroatoms. The molecule has 0 atom stereocenters. The Hall–Kier alpha value is -3.68. The van der Waals surface area contributed by atoms with E-state index in [0.29, 0.717) is 23.2 Å². The van der Waals surface area contributed by atoms with Crippen molar-refractivity contribution in [2.24, 2.45) is 0 Å². The molecule has 0 amide bonds. The summed E-state index contributed by atoms with van der Waals surface area (Å²) in [6.45, 7) is 0. The minimum atomic E-state index is 0.308. The van der Waals surface area contributed by atoms with Crippen LogP contribution in [0.4, 0.5) is 0 Å². The number of fused-ring (bicyclic) bond motifs is 1. The number of nitrogens with zero attached hydrogens (tertiary/aromatic N) is 4.